The predicted molar refractivity (Wildman–Crippen MR) is 134 cm³/mol. The zero-order valence-electron chi connectivity index (χ0n) is 18.1. The van der Waals surface area contributed by atoms with Gasteiger partial charge in [0.25, 0.3) is 5.91 Å². The molecular formula is C22H24Cl2N6O2S. The number of rotatable bonds is 7. The first-order chi connectivity index (χ1) is 15.9. The number of ether oxygens (including phenoxy) is 1. The van der Waals surface area contributed by atoms with Crippen LogP contribution in [0.2, 0.25) is 10.0 Å². The number of nitrogens with one attached hydrogen (secondary N) is 1. The molecule has 0 atom stereocenters. The lowest BCUT2D eigenvalue weighted by molar-refractivity contribution is 0.0974. The van der Waals surface area contributed by atoms with Gasteiger partial charge in [0.1, 0.15) is 17.2 Å². The van der Waals surface area contributed by atoms with Gasteiger partial charge in [0.05, 0.1) is 20.6 Å². The SMILES string of the molecule is C=CNC(=O)c1cc2c(-c3cc(OCCN4CCN(C)CC4)c(Cl)cc3Cl)nc(N)nc2s1. The summed E-state index contributed by atoms with van der Waals surface area (Å²) < 4.78 is 6.01. The Morgan fingerprint density at radius 3 is 2.73 bits per heavy atom. The van der Waals surface area contributed by atoms with E-state index in [4.69, 9.17) is 33.7 Å². The number of thiophene rings is 1. The average Bonchev–Trinajstić information content (AvgIpc) is 3.20. The van der Waals surface area contributed by atoms with Crippen LogP contribution in [0.3, 0.4) is 0 Å². The van der Waals surface area contributed by atoms with E-state index in [1.54, 1.807) is 18.2 Å². The van der Waals surface area contributed by atoms with Gasteiger partial charge in [-0.3, -0.25) is 9.69 Å². The lowest BCUT2D eigenvalue weighted by Crippen LogP contribution is -2.45. The maximum Gasteiger partial charge on any atom is 0.265 e. The van der Waals surface area contributed by atoms with Crippen LogP contribution in [0.15, 0.2) is 31.0 Å². The van der Waals surface area contributed by atoms with Crippen molar-refractivity contribution < 1.29 is 9.53 Å². The highest BCUT2D eigenvalue weighted by Crippen LogP contribution is 2.40. The van der Waals surface area contributed by atoms with Crippen molar-refractivity contribution in [1.29, 1.82) is 0 Å². The van der Waals surface area contributed by atoms with E-state index in [1.165, 1.54) is 17.5 Å². The number of hydrogen-bond donors (Lipinski definition) is 2. The Hall–Kier alpha value is -2.43. The van der Waals surface area contributed by atoms with Crippen molar-refractivity contribution in [2.24, 2.45) is 0 Å². The van der Waals surface area contributed by atoms with Crippen LogP contribution in [0.4, 0.5) is 5.95 Å². The highest BCUT2D eigenvalue weighted by Gasteiger charge is 2.20. The number of amides is 1. The summed E-state index contributed by atoms with van der Waals surface area (Å²) in [5.41, 5.74) is 7.07. The molecule has 1 aliphatic heterocycles. The van der Waals surface area contributed by atoms with Crippen LogP contribution < -0.4 is 15.8 Å². The van der Waals surface area contributed by atoms with Crippen LogP contribution >= 0.6 is 34.5 Å². The summed E-state index contributed by atoms with van der Waals surface area (Å²) in [6.45, 7) is 8.94. The van der Waals surface area contributed by atoms with Gasteiger partial charge < -0.3 is 20.7 Å². The third-order valence-electron chi connectivity index (χ3n) is 5.40. The second-order valence-electron chi connectivity index (χ2n) is 7.69. The second-order valence-corrected chi connectivity index (χ2v) is 9.54. The molecule has 3 heterocycles. The van der Waals surface area contributed by atoms with E-state index >= 15 is 0 Å². The fourth-order valence-corrected chi connectivity index (χ4v) is 5.07. The number of piperazine rings is 1. The van der Waals surface area contributed by atoms with E-state index in [0.717, 1.165) is 32.7 Å². The molecule has 1 aliphatic rings. The minimum absolute atomic E-state index is 0.0820. The van der Waals surface area contributed by atoms with Crippen LogP contribution in [-0.4, -0.2) is 72.1 Å². The lowest BCUT2D eigenvalue weighted by atomic mass is 10.1. The standard InChI is InChI=1S/C22H24Cl2N6O2S/c1-3-26-20(31)18-11-14-19(27-22(25)28-21(14)33-18)13-10-17(16(24)12-15(13)23)32-9-8-30-6-4-29(2)5-7-30/h3,10-12H,1,4-9H2,2H3,(H,26,31)(H2,25,27,28). The highest BCUT2D eigenvalue weighted by atomic mass is 35.5. The number of benzene rings is 1. The molecule has 174 valence electrons. The Labute approximate surface area is 205 Å². The summed E-state index contributed by atoms with van der Waals surface area (Å²) >= 11 is 14.2. The summed E-state index contributed by atoms with van der Waals surface area (Å²) in [6.07, 6.45) is 1.33. The maximum absolute atomic E-state index is 12.3. The maximum atomic E-state index is 12.3. The minimum atomic E-state index is -0.285. The predicted octanol–water partition coefficient (Wildman–Crippen LogP) is 3.75. The quantitative estimate of drug-likeness (QED) is 0.503. The third kappa shape index (κ3) is 5.39. The lowest BCUT2D eigenvalue weighted by Gasteiger charge is -2.32. The molecule has 3 aromatic rings. The third-order valence-corrected chi connectivity index (χ3v) is 7.04. The van der Waals surface area contributed by atoms with E-state index in [0.29, 0.717) is 48.8 Å². The number of halogens is 2. The molecule has 0 saturated carbocycles. The van der Waals surface area contributed by atoms with Gasteiger partial charge in [-0.05, 0) is 31.4 Å². The van der Waals surface area contributed by atoms with Crippen LogP contribution in [0.1, 0.15) is 9.67 Å². The molecule has 1 fully saturated rings. The molecule has 1 amide bonds. The van der Waals surface area contributed by atoms with Crippen molar-refractivity contribution in [1.82, 2.24) is 25.1 Å². The first kappa shape index (κ1) is 23.7. The Morgan fingerprint density at radius 2 is 2.00 bits per heavy atom. The normalized spacial score (nSPS) is 15.0. The Morgan fingerprint density at radius 1 is 1.24 bits per heavy atom. The molecule has 3 N–H and O–H groups in total. The molecule has 33 heavy (non-hydrogen) atoms. The van der Waals surface area contributed by atoms with Gasteiger partial charge in [-0.15, -0.1) is 11.3 Å². The van der Waals surface area contributed by atoms with E-state index in [9.17, 15) is 4.79 Å². The zero-order chi connectivity index (χ0) is 23.5. The number of carbonyl (C=O) groups is 1. The fraction of sp³-hybridized carbons (Fsp3) is 0.318. The Balaban J connectivity index is 1.62. The Kier molecular flexibility index (Phi) is 7.35. The number of nitrogen functional groups attached to an aromatic ring is 1. The molecule has 0 unspecified atom stereocenters. The second kappa shape index (κ2) is 10.2. The number of fused-ring (bicyclic) bond motifs is 1. The van der Waals surface area contributed by atoms with E-state index in [2.05, 4.69) is 38.7 Å². The summed E-state index contributed by atoms with van der Waals surface area (Å²) in [5.74, 6) is 0.307. The van der Waals surface area contributed by atoms with Crippen LogP contribution in [-0.2, 0) is 0 Å². The van der Waals surface area contributed by atoms with Gasteiger partial charge in [-0.1, -0.05) is 29.8 Å². The van der Waals surface area contributed by atoms with Gasteiger partial charge in [0, 0.05) is 43.7 Å². The summed E-state index contributed by atoms with van der Waals surface area (Å²) in [6, 6.07) is 5.11. The molecule has 0 radical (unpaired) electrons. The molecule has 1 aromatic carbocycles. The summed E-state index contributed by atoms with van der Waals surface area (Å²) in [5, 5.41) is 4.04. The van der Waals surface area contributed by atoms with Gasteiger partial charge in [-0.25, -0.2) is 9.97 Å². The Bertz CT molecular complexity index is 1190. The van der Waals surface area contributed by atoms with Gasteiger partial charge in [-0.2, -0.15) is 0 Å². The van der Waals surface area contributed by atoms with Crippen molar-refractivity contribution in [3.63, 3.8) is 0 Å². The largest absolute Gasteiger partial charge is 0.491 e. The molecule has 0 bridgehead atoms. The van der Waals surface area contributed by atoms with Gasteiger partial charge in [0.2, 0.25) is 5.95 Å². The fourth-order valence-electron chi connectivity index (χ4n) is 3.60. The number of nitrogens with two attached hydrogens (primary N) is 1. The van der Waals surface area contributed by atoms with Crippen molar-refractivity contribution in [3.05, 3.63) is 45.9 Å². The van der Waals surface area contributed by atoms with E-state index in [-0.39, 0.29) is 11.9 Å². The molecule has 1 saturated heterocycles. The zero-order valence-corrected chi connectivity index (χ0v) is 20.4. The molecule has 2 aromatic heterocycles. The number of nitrogens with zero attached hydrogens (tertiary/aromatic N) is 4. The summed E-state index contributed by atoms with van der Waals surface area (Å²) in [4.78, 5) is 26.6. The van der Waals surface area contributed by atoms with Gasteiger partial charge in [0.15, 0.2) is 0 Å². The topological polar surface area (TPSA) is 96.6 Å². The monoisotopic (exact) mass is 506 g/mol. The smallest absolute Gasteiger partial charge is 0.265 e. The number of hydrogen-bond acceptors (Lipinski definition) is 8. The van der Waals surface area contributed by atoms with Crippen LogP contribution in [0, 0.1) is 0 Å². The highest BCUT2D eigenvalue weighted by molar-refractivity contribution is 7.20. The van der Waals surface area contributed by atoms with Crippen LogP contribution in [0.5, 0.6) is 5.75 Å². The van der Waals surface area contributed by atoms with Crippen molar-refractivity contribution >= 4 is 56.6 Å². The molecule has 0 spiro atoms. The van der Waals surface area contributed by atoms with Crippen molar-refractivity contribution in [2.75, 3.05) is 52.1 Å². The number of carbonyl (C=O) groups excluding carboxylic acids is 1. The molecule has 8 nitrogen and oxygen atoms in total. The molecule has 11 heteroatoms. The molecular weight excluding hydrogens is 483 g/mol. The van der Waals surface area contributed by atoms with Crippen molar-refractivity contribution in [3.8, 4) is 17.0 Å². The molecule has 0 aliphatic carbocycles. The van der Waals surface area contributed by atoms with E-state index < -0.39 is 0 Å². The average molecular weight is 507 g/mol. The van der Waals surface area contributed by atoms with Crippen LogP contribution in [0.25, 0.3) is 21.5 Å². The first-order valence-corrected chi connectivity index (χ1v) is 11.9. The first-order valence-electron chi connectivity index (χ1n) is 10.4. The number of aromatic nitrogens is 2. The minimum Gasteiger partial charge on any atom is -0.491 e. The number of likely N-dealkylation sites (N-methyl/N-ethyl adjacent to an activating group) is 1. The molecule has 4 rings (SSSR count). The summed E-state index contributed by atoms with van der Waals surface area (Å²) in [7, 11) is 2.13. The number of anilines is 1. The van der Waals surface area contributed by atoms with E-state index in [1.807, 2.05) is 0 Å². The van der Waals surface area contributed by atoms with Crippen molar-refractivity contribution in [2.45, 2.75) is 0 Å². The van der Waals surface area contributed by atoms with Gasteiger partial charge >= 0.3 is 0 Å².